The number of hydrogen-bond donors (Lipinski definition) is 1. The minimum absolute atomic E-state index is 0.136. The lowest BCUT2D eigenvalue weighted by Gasteiger charge is -2.28. The fourth-order valence-electron chi connectivity index (χ4n) is 1.96. The van der Waals surface area contributed by atoms with E-state index in [2.05, 4.69) is 4.98 Å². The summed E-state index contributed by atoms with van der Waals surface area (Å²) in [5.74, 6) is -0.255. The second-order valence-corrected chi connectivity index (χ2v) is 4.07. The first-order valence-corrected chi connectivity index (χ1v) is 5.82. The average molecular weight is 245 g/mol. The van der Waals surface area contributed by atoms with Crippen LogP contribution >= 0.6 is 0 Å². The summed E-state index contributed by atoms with van der Waals surface area (Å²) < 4.78 is 13.7. The third-order valence-corrected chi connectivity index (χ3v) is 2.95. The van der Waals surface area contributed by atoms with Gasteiger partial charge >= 0.3 is 0 Å². The van der Waals surface area contributed by atoms with Crippen LogP contribution in [0.2, 0.25) is 0 Å². The van der Waals surface area contributed by atoms with Gasteiger partial charge in [-0.15, -0.1) is 0 Å². The molecule has 0 aliphatic carbocycles. The van der Waals surface area contributed by atoms with Gasteiger partial charge in [-0.1, -0.05) is 18.2 Å². The van der Waals surface area contributed by atoms with Crippen LogP contribution < -0.4 is 10.6 Å². The molecule has 1 unspecified atom stereocenters. The summed E-state index contributed by atoms with van der Waals surface area (Å²) in [5.41, 5.74) is 7.15. The van der Waals surface area contributed by atoms with Gasteiger partial charge in [0, 0.05) is 19.8 Å². The van der Waals surface area contributed by atoms with E-state index in [0.29, 0.717) is 12.2 Å². The third kappa shape index (κ3) is 2.49. The van der Waals surface area contributed by atoms with Gasteiger partial charge in [0.2, 0.25) is 0 Å². The number of benzene rings is 1. The Balaban J connectivity index is 2.32. The number of nitrogens with zero attached hydrogens (tertiary/aromatic N) is 2. The lowest BCUT2D eigenvalue weighted by atomic mass is 10.1. The van der Waals surface area contributed by atoms with Crippen LogP contribution in [0.4, 0.5) is 10.1 Å². The highest BCUT2D eigenvalue weighted by molar-refractivity contribution is 5.48. The highest BCUT2D eigenvalue weighted by Crippen LogP contribution is 2.25. The molecule has 0 radical (unpaired) electrons. The van der Waals surface area contributed by atoms with Crippen LogP contribution in [-0.4, -0.2) is 18.6 Å². The summed E-state index contributed by atoms with van der Waals surface area (Å²) in [6, 6.07) is 12.2. The molecule has 1 atom stereocenters. The first-order chi connectivity index (χ1) is 8.74. The van der Waals surface area contributed by atoms with E-state index in [1.807, 2.05) is 30.1 Å². The van der Waals surface area contributed by atoms with Gasteiger partial charge in [-0.25, -0.2) is 4.39 Å². The maximum absolute atomic E-state index is 13.7. The normalized spacial score (nSPS) is 12.2. The molecule has 0 spiro atoms. The van der Waals surface area contributed by atoms with E-state index in [0.717, 1.165) is 5.69 Å². The molecule has 0 aliphatic heterocycles. The van der Waals surface area contributed by atoms with Crippen LogP contribution in [0, 0.1) is 5.82 Å². The van der Waals surface area contributed by atoms with Gasteiger partial charge in [0.05, 0.1) is 17.4 Å². The number of rotatable bonds is 4. The van der Waals surface area contributed by atoms with Crippen molar-refractivity contribution in [3.05, 3.63) is 60.2 Å². The minimum atomic E-state index is -0.255. The van der Waals surface area contributed by atoms with E-state index < -0.39 is 0 Å². The van der Waals surface area contributed by atoms with Crippen molar-refractivity contribution in [1.82, 2.24) is 4.98 Å². The average Bonchev–Trinajstić information content (AvgIpc) is 2.41. The minimum Gasteiger partial charge on any atom is -0.362 e. The predicted octanol–water partition coefficient (Wildman–Crippen LogP) is 2.36. The quantitative estimate of drug-likeness (QED) is 0.899. The number of likely N-dealkylation sites (N-methyl/N-ethyl adjacent to an activating group) is 1. The predicted molar refractivity (Wildman–Crippen MR) is 70.8 cm³/mol. The summed E-state index contributed by atoms with van der Waals surface area (Å²) in [6.45, 7) is 0.377. The Morgan fingerprint density at radius 2 is 1.94 bits per heavy atom. The van der Waals surface area contributed by atoms with Crippen molar-refractivity contribution in [1.29, 1.82) is 0 Å². The summed E-state index contributed by atoms with van der Waals surface area (Å²) in [6.07, 6.45) is 1.72. The van der Waals surface area contributed by atoms with Gasteiger partial charge < -0.3 is 10.6 Å². The molecule has 0 saturated heterocycles. The number of pyridine rings is 1. The molecule has 2 N–H and O–H groups in total. The van der Waals surface area contributed by atoms with Gasteiger partial charge in [0.15, 0.2) is 0 Å². The van der Waals surface area contributed by atoms with Crippen molar-refractivity contribution >= 4 is 5.69 Å². The van der Waals surface area contributed by atoms with Crippen molar-refractivity contribution in [3.8, 4) is 0 Å². The van der Waals surface area contributed by atoms with E-state index in [4.69, 9.17) is 5.73 Å². The van der Waals surface area contributed by atoms with Gasteiger partial charge in [0.25, 0.3) is 0 Å². The smallest absolute Gasteiger partial charge is 0.146 e. The van der Waals surface area contributed by atoms with Gasteiger partial charge in [-0.2, -0.15) is 0 Å². The molecule has 0 saturated carbocycles. The highest BCUT2D eigenvalue weighted by atomic mass is 19.1. The first-order valence-electron chi connectivity index (χ1n) is 5.82. The van der Waals surface area contributed by atoms with Crippen LogP contribution in [-0.2, 0) is 0 Å². The number of aromatic nitrogens is 1. The molecule has 1 heterocycles. The van der Waals surface area contributed by atoms with Crippen molar-refractivity contribution in [2.45, 2.75) is 6.04 Å². The Morgan fingerprint density at radius 3 is 2.56 bits per heavy atom. The summed E-state index contributed by atoms with van der Waals surface area (Å²) in [5, 5.41) is 0. The summed E-state index contributed by atoms with van der Waals surface area (Å²) in [4.78, 5) is 6.10. The fraction of sp³-hybridized carbons (Fsp3) is 0.214. The van der Waals surface area contributed by atoms with Gasteiger partial charge in [-0.05, 0) is 24.3 Å². The van der Waals surface area contributed by atoms with E-state index in [-0.39, 0.29) is 11.9 Å². The van der Waals surface area contributed by atoms with E-state index in [9.17, 15) is 4.39 Å². The molecule has 0 aliphatic rings. The molecular formula is C14H16FN3. The molecule has 4 heteroatoms. The molecule has 1 aromatic heterocycles. The van der Waals surface area contributed by atoms with E-state index in [1.165, 1.54) is 6.07 Å². The number of para-hydroxylation sites is 1. The second-order valence-electron chi connectivity index (χ2n) is 4.07. The van der Waals surface area contributed by atoms with Crippen molar-refractivity contribution in [2.24, 2.45) is 5.73 Å². The Bertz CT molecular complexity index is 501. The zero-order valence-corrected chi connectivity index (χ0v) is 10.3. The molecule has 0 amide bonds. The SMILES string of the molecule is CN(c1ccccc1F)C(CN)c1ccccn1. The fourth-order valence-corrected chi connectivity index (χ4v) is 1.96. The van der Waals surface area contributed by atoms with Crippen LogP contribution in [0.5, 0.6) is 0 Å². The van der Waals surface area contributed by atoms with Gasteiger partial charge in [-0.3, -0.25) is 4.98 Å². The Labute approximate surface area is 106 Å². The first kappa shape index (κ1) is 12.5. The Hall–Kier alpha value is -1.94. The lowest BCUT2D eigenvalue weighted by Crippen LogP contribution is -2.31. The van der Waals surface area contributed by atoms with E-state index >= 15 is 0 Å². The molecular weight excluding hydrogens is 229 g/mol. The van der Waals surface area contributed by atoms with Crippen LogP contribution in [0.1, 0.15) is 11.7 Å². The zero-order valence-electron chi connectivity index (χ0n) is 10.3. The van der Waals surface area contributed by atoms with Crippen LogP contribution in [0.3, 0.4) is 0 Å². The monoisotopic (exact) mass is 245 g/mol. The molecule has 0 bridgehead atoms. The molecule has 94 valence electrons. The molecule has 2 rings (SSSR count). The maximum atomic E-state index is 13.7. The highest BCUT2D eigenvalue weighted by Gasteiger charge is 2.19. The van der Waals surface area contributed by atoms with Crippen molar-refractivity contribution in [2.75, 3.05) is 18.5 Å². The van der Waals surface area contributed by atoms with E-state index in [1.54, 1.807) is 24.4 Å². The summed E-state index contributed by atoms with van der Waals surface area (Å²) in [7, 11) is 1.82. The zero-order chi connectivity index (χ0) is 13.0. The molecule has 1 aromatic carbocycles. The number of hydrogen-bond acceptors (Lipinski definition) is 3. The van der Waals surface area contributed by atoms with Crippen molar-refractivity contribution in [3.63, 3.8) is 0 Å². The molecule has 3 nitrogen and oxygen atoms in total. The molecule has 0 fully saturated rings. The van der Waals surface area contributed by atoms with Gasteiger partial charge in [0.1, 0.15) is 5.82 Å². The van der Waals surface area contributed by atoms with Crippen molar-refractivity contribution < 1.29 is 4.39 Å². The molecule has 2 aromatic rings. The van der Waals surface area contributed by atoms with Crippen LogP contribution in [0.25, 0.3) is 0 Å². The Morgan fingerprint density at radius 1 is 1.22 bits per heavy atom. The number of nitrogens with two attached hydrogens (primary N) is 1. The number of anilines is 1. The third-order valence-electron chi connectivity index (χ3n) is 2.95. The molecule has 18 heavy (non-hydrogen) atoms. The van der Waals surface area contributed by atoms with Crippen LogP contribution in [0.15, 0.2) is 48.7 Å². The maximum Gasteiger partial charge on any atom is 0.146 e. The number of halogens is 1. The Kier molecular flexibility index (Phi) is 3.89. The topological polar surface area (TPSA) is 42.1 Å². The largest absolute Gasteiger partial charge is 0.362 e. The second kappa shape index (κ2) is 5.60. The lowest BCUT2D eigenvalue weighted by molar-refractivity contribution is 0.598. The summed E-state index contributed by atoms with van der Waals surface area (Å²) >= 11 is 0. The standard InChI is InChI=1S/C14H16FN3/c1-18(13-8-3-2-6-11(13)15)14(10-16)12-7-4-5-9-17-12/h2-9,14H,10,16H2,1H3.